The highest BCUT2D eigenvalue weighted by Gasteiger charge is 2.01. The highest BCUT2D eigenvalue weighted by atomic mass is 16.4. The van der Waals surface area contributed by atoms with Gasteiger partial charge in [-0.3, -0.25) is 0 Å². The molecule has 0 heterocycles. The Labute approximate surface area is 194 Å². The van der Waals surface area contributed by atoms with Crippen molar-refractivity contribution in [1.29, 1.82) is 0 Å². The van der Waals surface area contributed by atoms with Gasteiger partial charge in [-0.25, -0.2) is 4.79 Å². The molecule has 4 rings (SSSR count). The fourth-order valence-corrected chi connectivity index (χ4v) is 3.42. The normalized spacial score (nSPS) is 11.5. The molecule has 0 aliphatic carbocycles. The van der Waals surface area contributed by atoms with E-state index in [-0.39, 0.29) is 5.56 Å². The standard InChI is InChI=1S/C31H24O2/c32-31(33)29-20-14-26(15-21-29)11-12-27-17-19-28(18-13-24-7-3-1-4-8-24)30(23-27)22-16-25-9-5-2-6-10-25/h1-23H,(H,32,33). The first-order valence-electron chi connectivity index (χ1n) is 10.8. The predicted octanol–water partition coefficient (Wildman–Crippen LogP) is 7.90. The molecule has 2 heteroatoms. The van der Waals surface area contributed by atoms with E-state index in [0.717, 1.165) is 33.4 Å². The van der Waals surface area contributed by atoms with Crippen molar-refractivity contribution in [2.45, 2.75) is 0 Å². The smallest absolute Gasteiger partial charge is 0.335 e. The quantitative estimate of drug-likeness (QED) is 0.304. The van der Waals surface area contributed by atoms with Crippen LogP contribution < -0.4 is 0 Å². The second kappa shape index (κ2) is 10.7. The van der Waals surface area contributed by atoms with Crippen LogP contribution in [0.25, 0.3) is 36.5 Å². The summed E-state index contributed by atoms with van der Waals surface area (Å²) in [5, 5.41) is 9.06. The maximum absolute atomic E-state index is 11.0. The molecule has 4 aromatic rings. The van der Waals surface area contributed by atoms with E-state index < -0.39 is 5.97 Å². The molecule has 0 fully saturated rings. The fraction of sp³-hybridized carbons (Fsp3) is 0. The molecule has 0 saturated heterocycles. The zero-order valence-corrected chi connectivity index (χ0v) is 18.1. The van der Waals surface area contributed by atoms with Crippen LogP contribution in [0.4, 0.5) is 0 Å². The van der Waals surface area contributed by atoms with E-state index in [1.807, 2.05) is 60.7 Å². The molecule has 0 amide bonds. The summed E-state index contributed by atoms with van der Waals surface area (Å²) < 4.78 is 0. The summed E-state index contributed by atoms with van der Waals surface area (Å²) in [6, 6.07) is 33.7. The first-order chi connectivity index (χ1) is 16.2. The Morgan fingerprint density at radius 1 is 0.485 bits per heavy atom. The number of rotatable bonds is 7. The molecule has 4 aromatic carbocycles. The largest absolute Gasteiger partial charge is 0.478 e. The lowest BCUT2D eigenvalue weighted by atomic mass is 10.0. The van der Waals surface area contributed by atoms with Gasteiger partial charge in [0.1, 0.15) is 0 Å². The molecule has 0 spiro atoms. The van der Waals surface area contributed by atoms with Gasteiger partial charge in [-0.05, 0) is 51.6 Å². The number of carbonyl (C=O) groups is 1. The second-order valence-electron chi connectivity index (χ2n) is 7.64. The lowest BCUT2D eigenvalue weighted by molar-refractivity contribution is 0.0697. The molecule has 0 bridgehead atoms. The Morgan fingerprint density at radius 3 is 1.52 bits per heavy atom. The van der Waals surface area contributed by atoms with Gasteiger partial charge in [0, 0.05) is 0 Å². The third-order valence-electron chi connectivity index (χ3n) is 5.25. The third kappa shape index (κ3) is 6.28. The van der Waals surface area contributed by atoms with Crippen LogP contribution >= 0.6 is 0 Å². The van der Waals surface area contributed by atoms with Crippen LogP contribution in [0.5, 0.6) is 0 Å². The van der Waals surface area contributed by atoms with Gasteiger partial charge in [0.25, 0.3) is 0 Å². The monoisotopic (exact) mass is 428 g/mol. The number of carboxylic acids is 1. The summed E-state index contributed by atoms with van der Waals surface area (Å²) in [7, 11) is 0. The van der Waals surface area contributed by atoms with Crippen molar-refractivity contribution in [2.75, 3.05) is 0 Å². The molecule has 0 aromatic heterocycles. The van der Waals surface area contributed by atoms with Crippen molar-refractivity contribution in [3.05, 3.63) is 142 Å². The van der Waals surface area contributed by atoms with Crippen molar-refractivity contribution in [1.82, 2.24) is 0 Å². The molecule has 0 saturated carbocycles. The second-order valence-corrected chi connectivity index (χ2v) is 7.64. The minimum Gasteiger partial charge on any atom is -0.478 e. The third-order valence-corrected chi connectivity index (χ3v) is 5.25. The molecule has 0 aliphatic heterocycles. The lowest BCUT2D eigenvalue weighted by Gasteiger charge is -2.05. The molecule has 0 atom stereocenters. The highest BCUT2D eigenvalue weighted by molar-refractivity contribution is 5.88. The average molecular weight is 429 g/mol. The molecular formula is C31H24O2. The first-order valence-corrected chi connectivity index (χ1v) is 10.8. The van der Waals surface area contributed by atoms with Gasteiger partial charge < -0.3 is 5.11 Å². The Balaban J connectivity index is 1.62. The van der Waals surface area contributed by atoms with Crippen molar-refractivity contribution in [3.8, 4) is 0 Å². The predicted molar refractivity (Wildman–Crippen MR) is 140 cm³/mol. The maximum atomic E-state index is 11.0. The van der Waals surface area contributed by atoms with Crippen molar-refractivity contribution in [3.63, 3.8) is 0 Å². The number of hydrogen-bond donors (Lipinski definition) is 1. The van der Waals surface area contributed by atoms with Crippen LogP contribution in [0, 0.1) is 0 Å². The van der Waals surface area contributed by atoms with Crippen LogP contribution in [0.2, 0.25) is 0 Å². The Bertz CT molecular complexity index is 1300. The molecule has 33 heavy (non-hydrogen) atoms. The number of benzene rings is 4. The summed E-state index contributed by atoms with van der Waals surface area (Å²) in [4.78, 5) is 11.0. The zero-order chi connectivity index (χ0) is 22.9. The summed E-state index contributed by atoms with van der Waals surface area (Å²) in [5.74, 6) is -0.917. The van der Waals surface area contributed by atoms with E-state index >= 15 is 0 Å². The van der Waals surface area contributed by atoms with Gasteiger partial charge in [-0.15, -0.1) is 0 Å². The van der Waals surface area contributed by atoms with Gasteiger partial charge in [-0.2, -0.15) is 0 Å². The Kier molecular flexibility index (Phi) is 7.09. The molecule has 2 nitrogen and oxygen atoms in total. The van der Waals surface area contributed by atoms with Crippen LogP contribution in [-0.2, 0) is 0 Å². The maximum Gasteiger partial charge on any atom is 0.335 e. The fourth-order valence-electron chi connectivity index (χ4n) is 3.42. The van der Waals surface area contributed by atoms with Gasteiger partial charge in [0.2, 0.25) is 0 Å². The highest BCUT2D eigenvalue weighted by Crippen LogP contribution is 2.20. The average Bonchev–Trinajstić information content (AvgIpc) is 2.87. The number of aromatic carboxylic acids is 1. The van der Waals surface area contributed by atoms with E-state index in [9.17, 15) is 4.79 Å². The lowest BCUT2D eigenvalue weighted by Crippen LogP contribution is -1.94. The van der Waals surface area contributed by atoms with Crippen LogP contribution in [0.3, 0.4) is 0 Å². The Hall–Kier alpha value is -4.43. The molecule has 160 valence electrons. The van der Waals surface area contributed by atoms with E-state index in [0.29, 0.717) is 0 Å². The number of carboxylic acid groups (broad SMARTS) is 1. The van der Waals surface area contributed by atoms with Crippen molar-refractivity contribution >= 4 is 42.4 Å². The first kappa shape index (κ1) is 21.8. The van der Waals surface area contributed by atoms with Crippen molar-refractivity contribution < 1.29 is 9.90 Å². The van der Waals surface area contributed by atoms with E-state index in [1.54, 1.807) is 12.1 Å². The zero-order valence-electron chi connectivity index (χ0n) is 18.1. The minimum atomic E-state index is -0.917. The summed E-state index contributed by atoms with van der Waals surface area (Å²) in [5.41, 5.74) is 6.87. The topological polar surface area (TPSA) is 37.3 Å². The Morgan fingerprint density at radius 2 is 0.939 bits per heavy atom. The van der Waals surface area contributed by atoms with E-state index in [2.05, 4.69) is 66.8 Å². The van der Waals surface area contributed by atoms with Crippen molar-refractivity contribution in [2.24, 2.45) is 0 Å². The molecule has 0 radical (unpaired) electrons. The van der Waals surface area contributed by atoms with Gasteiger partial charge in [0.15, 0.2) is 0 Å². The van der Waals surface area contributed by atoms with Crippen LogP contribution in [0.15, 0.2) is 103 Å². The van der Waals surface area contributed by atoms with Gasteiger partial charge >= 0.3 is 5.97 Å². The molecule has 1 N–H and O–H groups in total. The molecule has 0 aliphatic rings. The van der Waals surface area contributed by atoms with Crippen LogP contribution in [-0.4, -0.2) is 11.1 Å². The number of hydrogen-bond acceptors (Lipinski definition) is 1. The SMILES string of the molecule is O=C(O)c1ccc(C=Cc2ccc(C=Cc3ccccc3)c(C=Cc3ccccc3)c2)cc1. The van der Waals surface area contributed by atoms with Gasteiger partial charge in [0.05, 0.1) is 5.56 Å². The molecule has 0 unspecified atom stereocenters. The summed E-state index contributed by atoms with van der Waals surface area (Å²) in [6.45, 7) is 0. The molecular weight excluding hydrogens is 404 g/mol. The van der Waals surface area contributed by atoms with Crippen LogP contribution in [0.1, 0.15) is 43.7 Å². The summed E-state index contributed by atoms with van der Waals surface area (Å²) in [6.07, 6.45) is 12.5. The summed E-state index contributed by atoms with van der Waals surface area (Å²) >= 11 is 0. The minimum absolute atomic E-state index is 0.287. The van der Waals surface area contributed by atoms with E-state index in [4.69, 9.17) is 5.11 Å². The van der Waals surface area contributed by atoms with E-state index in [1.165, 1.54) is 0 Å². The van der Waals surface area contributed by atoms with Gasteiger partial charge in [-0.1, -0.05) is 121 Å².